The molecule has 1 heterocycles. The maximum absolute atomic E-state index is 12.0. The molecule has 7 nitrogen and oxygen atoms in total. The number of hydrogen-bond acceptors (Lipinski definition) is 4. The minimum Gasteiger partial charge on any atom is -0.457 e. The summed E-state index contributed by atoms with van der Waals surface area (Å²) in [6.07, 6.45) is 4.23. The summed E-state index contributed by atoms with van der Waals surface area (Å²) in [5.74, 6) is 0.00791. The highest BCUT2D eigenvalue weighted by Crippen LogP contribution is 2.23. The standard InChI is InChI=1S/C21H22N4O3/c1-16-4-8-18(9-5-16)28-19-10-6-17(7-11-19)24-21(27)20(26)22-12-2-14-25-15-3-13-23-25/h3-11,13,15H,2,12,14H2,1H3,(H,22,26)(H,24,27). The van der Waals surface area contributed by atoms with Crippen LogP contribution in [-0.4, -0.2) is 28.1 Å². The van der Waals surface area contributed by atoms with Crippen molar-refractivity contribution in [3.63, 3.8) is 0 Å². The van der Waals surface area contributed by atoms with E-state index in [0.717, 1.165) is 11.3 Å². The summed E-state index contributed by atoms with van der Waals surface area (Å²) in [5.41, 5.74) is 1.68. The van der Waals surface area contributed by atoms with E-state index >= 15 is 0 Å². The van der Waals surface area contributed by atoms with Gasteiger partial charge in [-0.2, -0.15) is 5.10 Å². The Morgan fingerprint density at radius 1 is 1.00 bits per heavy atom. The van der Waals surface area contributed by atoms with Crippen LogP contribution in [-0.2, 0) is 16.1 Å². The Balaban J connectivity index is 1.42. The van der Waals surface area contributed by atoms with Crippen LogP contribution in [0.3, 0.4) is 0 Å². The minimum absolute atomic E-state index is 0.398. The van der Waals surface area contributed by atoms with Crippen LogP contribution < -0.4 is 15.4 Å². The van der Waals surface area contributed by atoms with E-state index in [1.54, 1.807) is 35.1 Å². The van der Waals surface area contributed by atoms with Gasteiger partial charge in [0.05, 0.1) is 0 Å². The molecule has 2 amide bonds. The number of benzene rings is 2. The molecular formula is C21H22N4O3. The maximum Gasteiger partial charge on any atom is 0.313 e. The third kappa shape index (κ3) is 5.70. The van der Waals surface area contributed by atoms with E-state index < -0.39 is 11.8 Å². The molecule has 2 N–H and O–H groups in total. The summed E-state index contributed by atoms with van der Waals surface area (Å²) in [6.45, 7) is 3.09. The topological polar surface area (TPSA) is 85.2 Å². The van der Waals surface area contributed by atoms with Gasteiger partial charge in [-0.1, -0.05) is 17.7 Å². The molecular weight excluding hydrogens is 356 g/mol. The maximum atomic E-state index is 12.0. The predicted molar refractivity (Wildman–Crippen MR) is 106 cm³/mol. The first-order valence-electron chi connectivity index (χ1n) is 9.01. The molecule has 7 heteroatoms. The lowest BCUT2D eigenvalue weighted by Crippen LogP contribution is -2.36. The Labute approximate surface area is 163 Å². The molecule has 3 aromatic rings. The molecule has 0 saturated carbocycles. The summed E-state index contributed by atoms with van der Waals surface area (Å²) < 4.78 is 7.51. The molecule has 0 atom stereocenters. The van der Waals surface area contributed by atoms with Crippen LogP contribution in [0.15, 0.2) is 67.0 Å². The molecule has 28 heavy (non-hydrogen) atoms. The van der Waals surface area contributed by atoms with Gasteiger partial charge in [-0.05, 0) is 55.8 Å². The lowest BCUT2D eigenvalue weighted by molar-refractivity contribution is -0.136. The van der Waals surface area contributed by atoms with Gasteiger partial charge in [0.2, 0.25) is 0 Å². The first-order valence-corrected chi connectivity index (χ1v) is 9.01. The number of anilines is 1. The van der Waals surface area contributed by atoms with Crippen LogP contribution in [0.5, 0.6) is 11.5 Å². The van der Waals surface area contributed by atoms with Crippen molar-refractivity contribution in [1.82, 2.24) is 15.1 Å². The van der Waals surface area contributed by atoms with E-state index in [1.807, 2.05) is 43.5 Å². The number of amides is 2. The zero-order chi connectivity index (χ0) is 19.8. The molecule has 144 valence electrons. The van der Waals surface area contributed by atoms with Gasteiger partial charge in [-0.25, -0.2) is 0 Å². The Morgan fingerprint density at radius 2 is 1.68 bits per heavy atom. The Kier molecular flexibility index (Phi) is 6.41. The van der Waals surface area contributed by atoms with Crippen molar-refractivity contribution in [3.8, 4) is 11.5 Å². The van der Waals surface area contributed by atoms with Gasteiger partial charge in [0, 0.05) is 31.2 Å². The van der Waals surface area contributed by atoms with Gasteiger partial charge in [-0.3, -0.25) is 14.3 Å². The Bertz CT molecular complexity index is 904. The van der Waals surface area contributed by atoms with Gasteiger partial charge in [0.15, 0.2) is 0 Å². The van der Waals surface area contributed by atoms with E-state index in [1.165, 1.54) is 0 Å². The van der Waals surface area contributed by atoms with Crippen molar-refractivity contribution < 1.29 is 14.3 Å². The highest BCUT2D eigenvalue weighted by Gasteiger charge is 2.13. The molecule has 0 fully saturated rings. The van der Waals surface area contributed by atoms with Gasteiger partial charge in [0.25, 0.3) is 0 Å². The number of rotatable bonds is 7. The molecule has 0 aliphatic rings. The van der Waals surface area contributed by atoms with E-state index in [-0.39, 0.29) is 0 Å². The number of hydrogen-bond donors (Lipinski definition) is 2. The fourth-order valence-electron chi connectivity index (χ4n) is 2.49. The largest absolute Gasteiger partial charge is 0.457 e. The van der Waals surface area contributed by atoms with E-state index in [0.29, 0.717) is 30.9 Å². The van der Waals surface area contributed by atoms with Crippen LogP contribution >= 0.6 is 0 Å². The quantitative estimate of drug-likeness (QED) is 0.489. The first-order chi connectivity index (χ1) is 13.6. The Morgan fingerprint density at radius 3 is 2.32 bits per heavy atom. The summed E-state index contributed by atoms with van der Waals surface area (Å²) in [7, 11) is 0. The second kappa shape index (κ2) is 9.36. The highest BCUT2D eigenvalue weighted by atomic mass is 16.5. The van der Waals surface area contributed by atoms with Gasteiger partial charge < -0.3 is 15.4 Å². The molecule has 0 spiro atoms. The molecule has 0 bridgehead atoms. The SMILES string of the molecule is Cc1ccc(Oc2ccc(NC(=O)C(=O)NCCCn3cccn3)cc2)cc1. The summed E-state index contributed by atoms with van der Waals surface area (Å²) in [4.78, 5) is 23.8. The van der Waals surface area contributed by atoms with Crippen LogP contribution in [0.1, 0.15) is 12.0 Å². The average molecular weight is 378 g/mol. The number of aromatic nitrogens is 2. The number of aryl methyl sites for hydroxylation is 2. The second-order valence-corrected chi connectivity index (χ2v) is 6.27. The number of carbonyl (C=O) groups is 2. The molecule has 0 unspecified atom stereocenters. The monoisotopic (exact) mass is 378 g/mol. The first kappa shape index (κ1) is 19.2. The van der Waals surface area contributed by atoms with Gasteiger partial charge in [-0.15, -0.1) is 0 Å². The van der Waals surface area contributed by atoms with Crippen molar-refractivity contribution in [1.29, 1.82) is 0 Å². The van der Waals surface area contributed by atoms with Crippen LogP contribution in [0.4, 0.5) is 5.69 Å². The van der Waals surface area contributed by atoms with E-state index in [4.69, 9.17) is 4.74 Å². The lowest BCUT2D eigenvalue weighted by atomic mass is 10.2. The third-order valence-electron chi connectivity index (χ3n) is 3.98. The summed E-state index contributed by atoms with van der Waals surface area (Å²) >= 11 is 0. The zero-order valence-corrected chi connectivity index (χ0v) is 15.6. The molecule has 0 radical (unpaired) electrons. The van der Waals surface area contributed by atoms with Crippen molar-refractivity contribution in [3.05, 3.63) is 72.6 Å². The molecule has 0 aliphatic heterocycles. The highest BCUT2D eigenvalue weighted by molar-refractivity contribution is 6.39. The normalized spacial score (nSPS) is 10.3. The number of ether oxygens (including phenoxy) is 1. The van der Waals surface area contributed by atoms with Gasteiger partial charge in [0.1, 0.15) is 11.5 Å². The summed E-state index contributed by atoms with van der Waals surface area (Å²) in [5, 5.41) is 9.24. The fraction of sp³-hybridized carbons (Fsp3) is 0.190. The number of nitrogens with one attached hydrogen (secondary N) is 2. The lowest BCUT2D eigenvalue weighted by Gasteiger charge is -2.09. The molecule has 0 aliphatic carbocycles. The minimum atomic E-state index is -0.703. The van der Waals surface area contributed by atoms with Gasteiger partial charge >= 0.3 is 11.8 Å². The predicted octanol–water partition coefficient (Wildman–Crippen LogP) is 3.13. The summed E-state index contributed by atoms with van der Waals surface area (Å²) in [6, 6.07) is 16.4. The number of nitrogens with zero attached hydrogens (tertiary/aromatic N) is 2. The fourth-order valence-corrected chi connectivity index (χ4v) is 2.49. The van der Waals surface area contributed by atoms with Crippen LogP contribution in [0.2, 0.25) is 0 Å². The van der Waals surface area contributed by atoms with Crippen molar-refractivity contribution in [2.75, 3.05) is 11.9 Å². The van der Waals surface area contributed by atoms with Crippen LogP contribution in [0, 0.1) is 6.92 Å². The second-order valence-electron chi connectivity index (χ2n) is 6.27. The van der Waals surface area contributed by atoms with Crippen molar-refractivity contribution in [2.45, 2.75) is 19.9 Å². The van der Waals surface area contributed by atoms with E-state index in [2.05, 4.69) is 15.7 Å². The third-order valence-corrected chi connectivity index (χ3v) is 3.98. The van der Waals surface area contributed by atoms with Crippen molar-refractivity contribution in [2.24, 2.45) is 0 Å². The molecule has 3 rings (SSSR count). The van der Waals surface area contributed by atoms with Crippen LogP contribution in [0.25, 0.3) is 0 Å². The molecule has 2 aromatic carbocycles. The molecule has 0 saturated heterocycles. The molecule has 1 aromatic heterocycles. The smallest absolute Gasteiger partial charge is 0.313 e. The van der Waals surface area contributed by atoms with E-state index in [9.17, 15) is 9.59 Å². The zero-order valence-electron chi connectivity index (χ0n) is 15.6. The Hall–Kier alpha value is -3.61. The van der Waals surface area contributed by atoms with Crippen molar-refractivity contribution >= 4 is 17.5 Å². The number of carbonyl (C=O) groups excluding carboxylic acids is 2. The average Bonchev–Trinajstić information content (AvgIpc) is 3.22.